The number of allylic oxidation sites excluding steroid dienone is 1. The largest absolute Gasteiger partial charge is 0.472 e. The van der Waals surface area contributed by atoms with Gasteiger partial charge in [0.05, 0.1) is 31.7 Å². The molecule has 50 heavy (non-hydrogen) atoms. The zero-order chi connectivity index (χ0) is 36.5. The third-order valence-corrected chi connectivity index (χ3v) is 10.6. The molecule has 3 heterocycles. The summed E-state index contributed by atoms with van der Waals surface area (Å²) in [6, 6.07) is 1.68. The van der Waals surface area contributed by atoms with Crippen LogP contribution in [0.25, 0.3) is 0 Å². The van der Waals surface area contributed by atoms with E-state index in [1.54, 1.807) is 6.07 Å². The molecule has 0 radical (unpaired) electrons. The lowest BCUT2D eigenvalue weighted by molar-refractivity contribution is -0.320. The van der Waals surface area contributed by atoms with Crippen molar-refractivity contribution in [3.05, 3.63) is 35.8 Å². The van der Waals surface area contributed by atoms with Crippen molar-refractivity contribution in [2.75, 3.05) is 13.7 Å². The van der Waals surface area contributed by atoms with Gasteiger partial charge in [0.15, 0.2) is 24.6 Å². The molecule has 4 aliphatic rings. The highest BCUT2D eigenvalue weighted by Gasteiger charge is 2.68. The maximum absolute atomic E-state index is 13.5. The van der Waals surface area contributed by atoms with Crippen molar-refractivity contribution in [2.45, 2.75) is 110 Å². The predicted octanol–water partition coefficient (Wildman–Crippen LogP) is 3.28. The summed E-state index contributed by atoms with van der Waals surface area (Å²) in [6.07, 6.45) is -1.84. The molecular weight excluding hydrogens is 660 g/mol. The van der Waals surface area contributed by atoms with Crippen LogP contribution in [0.1, 0.15) is 78.9 Å². The van der Waals surface area contributed by atoms with E-state index in [2.05, 4.69) is 0 Å². The maximum Gasteiger partial charge on any atom is 0.334 e. The molecule has 15 nitrogen and oxygen atoms in total. The fourth-order valence-corrected chi connectivity index (χ4v) is 8.50. The van der Waals surface area contributed by atoms with Crippen LogP contribution in [0.4, 0.5) is 0 Å². The van der Waals surface area contributed by atoms with Gasteiger partial charge in [0, 0.05) is 44.2 Å². The Hall–Kier alpha value is -4.24. The summed E-state index contributed by atoms with van der Waals surface area (Å²) in [5.74, 6) is -4.62. The standard InChI is InChI=1S/C35H44O15/c1-17(36)44-16-25-28(45-18(2)37)29(46-19(3)38)30(47-20(4)39)33(49-25)48-24(21-11-12-43-15-21)14-34(5)23-13-27(50-32(23)41)35(6)22(31(40)42-7)9-8-10-26(34)35/h9,11-12,15,23-30,33H,8,10,13-14,16H2,1-7H3. The van der Waals surface area contributed by atoms with Crippen molar-refractivity contribution in [3.63, 3.8) is 0 Å². The van der Waals surface area contributed by atoms with Crippen LogP contribution in [0.5, 0.6) is 0 Å². The van der Waals surface area contributed by atoms with Gasteiger partial charge in [-0.1, -0.05) is 19.9 Å². The average Bonchev–Trinajstić information content (AvgIpc) is 3.71. The lowest BCUT2D eigenvalue weighted by Gasteiger charge is -2.56. The smallest absolute Gasteiger partial charge is 0.334 e. The van der Waals surface area contributed by atoms with Crippen molar-refractivity contribution in [2.24, 2.45) is 22.7 Å². The number of carbonyl (C=O) groups is 6. The molecule has 2 aliphatic heterocycles. The molecule has 11 unspecified atom stereocenters. The first kappa shape index (κ1) is 37.0. The van der Waals surface area contributed by atoms with Crippen molar-refractivity contribution in [1.29, 1.82) is 0 Å². The van der Waals surface area contributed by atoms with Crippen LogP contribution in [0.2, 0.25) is 0 Å². The van der Waals surface area contributed by atoms with E-state index in [1.165, 1.54) is 26.6 Å². The quantitative estimate of drug-likeness (QED) is 0.241. The van der Waals surface area contributed by atoms with Crippen LogP contribution in [0.3, 0.4) is 0 Å². The van der Waals surface area contributed by atoms with Crippen LogP contribution in [-0.2, 0) is 66.7 Å². The first-order valence-corrected chi connectivity index (χ1v) is 16.6. The molecular formula is C35H44O15. The van der Waals surface area contributed by atoms with Gasteiger partial charge in [0.2, 0.25) is 0 Å². The SMILES string of the molecule is COC(=O)C1=CCCC2C(C)(CC(OC3OC(COC(C)=O)C(OC(C)=O)C(OC(C)=O)C3OC(C)=O)c3ccoc3)C3CC(OC3=O)C12C. The predicted molar refractivity (Wildman–Crippen MR) is 166 cm³/mol. The van der Waals surface area contributed by atoms with Crippen molar-refractivity contribution < 1.29 is 71.1 Å². The molecule has 15 heteroatoms. The molecule has 2 saturated heterocycles. The third-order valence-electron chi connectivity index (χ3n) is 10.6. The van der Waals surface area contributed by atoms with E-state index in [-0.39, 0.29) is 18.3 Å². The topological polar surface area (TPSA) is 189 Å². The number of furan rings is 1. The van der Waals surface area contributed by atoms with Gasteiger partial charge >= 0.3 is 35.8 Å². The van der Waals surface area contributed by atoms with Gasteiger partial charge in [0.25, 0.3) is 0 Å². The third kappa shape index (κ3) is 7.02. The van der Waals surface area contributed by atoms with E-state index in [1.807, 2.05) is 19.9 Å². The molecule has 0 spiro atoms. The Balaban J connectivity index is 1.56. The molecule has 1 saturated carbocycles. The molecule has 0 amide bonds. The summed E-state index contributed by atoms with van der Waals surface area (Å²) in [5, 5.41) is 0. The highest BCUT2D eigenvalue weighted by molar-refractivity contribution is 5.91. The van der Waals surface area contributed by atoms with Crippen LogP contribution in [0, 0.1) is 22.7 Å². The van der Waals surface area contributed by atoms with E-state index < -0.39 is 96.1 Å². The second-order valence-electron chi connectivity index (χ2n) is 13.7. The molecule has 0 N–H and O–H groups in total. The van der Waals surface area contributed by atoms with E-state index in [0.717, 1.165) is 20.8 Å². The van der Waals surface area contributed by atoms with E-state index in [0.29, 0.717) is 30.4 Å². The first-order chi connectivity index (χ1) is 23.6. The normalized spacial score (nSPS) is 35.0. The Bertz CT molecular complexity index is 1520. The molecule has 3 fully saturated rings. The van der Waals surface area contributed by atoms with Crippen LogP contribution < -0.4 is 0 Å². The summed E-state index contributed by atoms with van der Waals surface area (Å²) >= 11 is 0. The van der Waals surface area contributed by atoms with Crippen molar-refractivity contribution >= 4 is 35.8 Å². The number of rotatable bonds is 11. The Kier molecular flexibility index (Phi) is 10.8. The maximum atomic E-state index is 13.5. The zero-order valence-corrected chi connectivity index (χ0v) is 29.2. The summed E-state index contributed by atoms with van der Waals surface area (Å²) in [7, 11) is 1.32. The van der Waals surface area contributed by atoms with Gasteiger partial charge in [-0.05, 0) is 43.1 Å². The summed E-state index contributed by atoms with van der Waals surface area (Å²) in [6.45, 7) is 8.08. The van der Waals surface area contributed by atoms with Gasteiger partial charge in [-0.2, -0.15) is 0 Å². The fourth-order valence-electron chi connectivity index (χ4n) is 8.50. The number of esters is 6. The number of fused-ring (bicyclic) bond motifs is 4. The minimum Gasteiger partial charge on any atom is -0.472 e. The Morgan fingerprint density at radius 1 is 0.940 bits per heavy atom. The average molecular weight is 705 g/mol. The van der Waals surface area contributed by atoms with Crippen LogP contribution >= 0.6 is 0 Å². The zero-order valence-electron chi connectivity index (χ0n) is 29.2. The second-order valence-corrected chi connectivity index (χ2v) is 13.7. The number of hydrogen-bond acceptors (Lipinski definition) is 15. The molecule has 5 rings (SSSR count). The number of carbonyl (C=O) groups excluding carboxylic acids is 6. The molecule has 0 aromatic carbocycles. The Morgan fingerprint density at radius 3 is 2.20 bits per heavy atom. The summed E-state index contributed by atoms with van der Waals surface area (Å²) in [5.41, 5.74) is -0.681. The van der Waals surface area contributed by atoms with Gasteiger partial charge < -0.3 is 42.3 Å². The lowest BCUT2D eigenvalue weighted by atomic mass is 9.46. The minimum atomic E-state index is -1.48. The lowest BCUT2D eigenvalue weighted by Crippen LogP contribution is -2.63. The molecule has 2 aliphatic carbocycles. The van der Waals surface area contributed by atoms with E-state index in [9.17, 15) is 28.8 Å². The second kappa shape index (κ2) is 14.5. The molecule has 1 aromatic rings. The van der Waals surface area contributed by atoms with Crippen molar-refractivity contribution in [3.8, 4) is 0 Å². The molecule has 11 atom stereocenters. The summed E-state index contributed by atoms with van der Waals surface area (Å²) in [4.78, 5) is 75.5. The first-order valence-electron chi connectivity index (χ1n) is 16.6. The summed E-state index contributed by atoms with van der Waals surface area (Å²) < 4.78 is 51.4. The van der Waals surface area contributed by atoms with Gasteiger partial charge in [-0.15, -0.1) is 0 Å². The van der Waals surface area contributed by atoms with Gasteiger partial charge in [-0.25, -0.2) is 4.79 Å². The number of ether oxygens (including phenoxy) is 8. The van der Waals surface area contributed by atoms with E-state index in [4.69, 9.17) is 42.3 Å². The highest BCUT2D eigenvalue weighted by Crippen LogP contribution is 2.66. The molecule has 1 aromatic heterocycles. The fraction of sp³-hybridized carbons (Fsp3) is 0.657. The van der Waals surface area contributed by atoms with E-state index >= 15 is 0 Å². The van der Waals surface area contributed by atoms with Crippen molar-refractivity contribution in [1.82, 2.24) is 0 Å². The minimum absolute atomic E-state index is 0.181. The number of methoxy groups -OCH3 is 1. The van der Waals surface area contributed by atoms with Gasteiger partial charge in [-0.3, -0.25) is 24.0 Å². The molecule has 274 valence electrons. The Labute approximate surface area is 289 Å². The number of hydrogen-bond donors (Lipinski definition) is 0. The Morgan fingerprint density at radius 2 is 1.60 bits per heavy atom. The van der Waals surface area contributed by atoms with Gasteiger partial charge in [0.1, 0.15) is 18.8 Å². The monoisotopic (exact) mass is 704 g/mol. The van der Waals surface area contributed by atoms with Crippen LogP contribution in [-0.4, -0.2) is 86.3 Å². The molecule has 2 bridgehead atoms. The van der Waals surface area contributed by atoms with Crippen LogP contribution in [0.15, 0.2) is 34.7 Å². The highest BCUT2D eigenvalue weighted by atomic mass is 16.7.